The minimum absolute atomic E-state index is 0.187. The Bertz CT molecular complexity index is 392. The van der Waals surface area contributed by atoms with Gasteiger partial charge < -0.3 is 15.6 Å². The fourth-order valence-corrected chi connectivity index (χ4v) is 1.21. The molecule has 2 atom stereocenters. The van der Waals surface area contributed by atoms with Crippen LogP contribution in [0.3, 0.4) is 0 Å². The van der Waals surface area contributed by atoms with Gasteiger partial charge in [0.1, 0.15) is 0 Å². The average molecular weight is 253 g/mol. The van der Waals surface area contributed by atoms with Crippen LogP contribution in [-0.4, -0.2) is 17.6 Å². The van der Waals surface area contributed by atoms with Gasteiger partial charge >= 0.3 is 6.36 Å². The molecule has 1 aromatic carbocycles. The van der Waals surface area contributed by atoms with Crippen LogP contribution in [0, 0.1) is 5.82 Å². The summed E-state index contributed by atoms with van der Waals surface area (Å²) < 4.78 is 52.3. The van der Waals surface area contributed by atoms with Crippen molar-refractivity contribution in [3.63, 3.8) is 0 Å². The van der Waals surface area contributed by atoms with Crippen LogP contribution in [0.1, 0.15) is 18.5 Å². The number of aliphatic hydroxyl groups is 1. The van der Waals surface area contributed by atoms with Gasteiger partial charge in [-0.3, -0.25) is 0 Å². The molecule has 0 amide bonds. The van der Waals surface area contributed by atoms with E-state index in [-0.39, 0.29) is 5.56 Å². The van der Waals surface area contributed by atoms with Gasteiger partial charge in [0.25, 0.3) is 0 Å². The molecule has 0 fully saturated rings. The molecule has 0 aliphatic heterocycles. The monoisotopic (exact) mass is 253 g/mol. The molecule has 0 radical (unpaired) electrons. The van der Waals surface area contributed by atoms with Crippen molar-refractivity contribution in [2.45, 2.75) is 25.4 Å². The molecule has 1 rings (SSSR count). The average Bonchev–Trinajstić information content (AvgIpc) is 2.18. The molecule has 0 spiro atoms. The Kier molecular flexibility index (Phi) is 3.94. The normalized spacial score (nSPS) is 15.5. The molecular weight excluding hydrogens is 242 g/mol. The number of rotatable bonds is 3. The van der Waals surface area contributed by atoms with Gasteiger partial charge in [-0.15, -0.1) is 13.2 Å². The van der Waals surface area contributed by atoms with E-state index in [1.54, 1.807) is 0 Å². The second-order valence-corrected chi connectivity index (χ2v) is 3.50. The topological polar surface area (TPSA) is 55.5 Å². The third-order valence-corrected chi connectivity index (χ3v) is 2.09. The lowest BCUT2D eigenvalue weighted by molar-refractivity contribution is -0.275. The lowest BCUT2D eigenvalue weighted by atomic mass is 10.0. The van der Waals surface area contributed by atoms with Crippen molar-refractivity contribution in [2.24, 2.45) is 5.73 Å². The van der Waals surface area contributed by atoms with Crippen molar-refractivity contribution >= 4 is 0 Å². The van der Waals surface area contributed by atoms with Crippen molar-refractivity contribution in [1.82, 2.24) is 0 Å². The Morgan fingerprint density at radius 1 is 1.35 bits per heavy atom. The number of ether oxygens (including phenoxy) is 1. The SMILES string of the molecule is C[C@H](O)[C@H](N)c1ccc(OC(F)(F)F)c(F)c1. The predicted octanol–water partition coefficient (Wildman–Crippen LogP) is 2.10. The molecule has 3 nitrogen and oxygen atoms in total. The zero-order chi connectivity index (χ0) is 13.2. The molecule has 17 heavy (non-hydrogen) atoms. The van der Waals surface area contributed by atoms with Crippen molar-refractivity contribution in [3.8, 4) is 5.75 Å². The minimum Gasteiger partial charge on any atom is -0.403 e. The number of nitrogens with two attached hydrogens (primary N) is 1. The predicted molar refractivity (Wildman–Crippen MR) is 51.7 cm³/mol. The standard InChI is InChI=1S/C10H11F4NO2/c1-5(16)9(15)6-2-3-8(7(11)4-6)17-10(12,13)14/h2-5,9,16H,15H2,1H3/t5-,9-/m0/s1. The largest absolute Gasteiger partial charge is 0.573 e. The van der Waals surface area contributed by atoms with Crippen LogP contribution in [-0.2, 0) is 0 Å². The van der Waals surface area contributed by atoms with Gasteiger partial charge in [0.2, 0.25) is 0 Å². The molecule has 0 saturated carbocycles. The summed E-state index contributed by atoms with van der Waals surface area (Å²) in [6.07, 6.45) is -5.89. The highest BCUT2D eigenvalue weighted by molar-refractivity contribution is 5.31. The first-order valence-corrected chi connectivity index (χ1v) is 4.69. The Hall–Kier alpha value is -1.34. The summed E-state index contributed by atoms with van der Waals surface area (Å²) in [6.45, 7) is 1.39. The summed E-state index contributed by atoms with van der Waals surface area (Å²) in [7, 11) is 0. The lowest BCUT2D eigenvalue weighted by Crippen LogP contribution is -2.23. The number of hydrogen-bond donors (Lipinski definition) is 2. The molecule has 0 saturated heterocycles. The van der Waals surface area contributed by atoms with Crippen LogP contribution in [0.2, 0.25) is 0 Å². The van der Waals surface area contributed by atoms with Crippen LogP contribution in [0.5, 0.6) is 5.75 Å². The van der Waals surface area contributed by atoms with Gasteiger partial charge in [-0.05, 0) is 24.6 Å². The summed E-state index contributed by atoms with van der Waals surface area (Å²) in [5.41, 5.74) is 5.69. The molecule has 0 unspecified atom stereocenters. The first kappa shape index (κ1) is 13.7. The van der Waals surface area contributed by atoms with E-state index in [1.165, 1.54) is 13.0 Å². The molecule has 7 heteroatoms. The molecule has 96 valence electrons. The molecule has 0 aromatic heterocycles. The fraction of sp³-hybridized carbons (Fsp3) is 0.400. The molecule has 0 bridgehead atoms. The van der Waals surface area contributed by atoms with E-state index >= 15 is 0 Å². The molecular formula is C10H11F4NO2. The highest BCUT2D eigenvalue weighted by Gasteiger charge is 2.32. The Labute approximate surface area is 94.8 Å². The summed E-state index contributed by atoms with van der Waals surface area (Å²) in [5.74, 6) is -2.12. The number of aliphatic hydroxyl groups excluding tert-OH is 1. The summed E-state index contributed by atoms with van der Waals surface area (Å²) in [5, 5.41) is 9.16. The van der Waals surface area contributed by atoms with Crippen LogP contribution < -0.4 is 10.5 Å². The lowest BCUT2D eigenvalue weighted by Gasteiger charge is -2.16. The summed E-state index contributed by atoms with van der Waals surface area (Å²) in [4.78, 5) is 0. The van der Waals surface area contributed by atoms with Gasteiger partial charge in [-0.1, -0.05) is 6.07 Å². The molecule has 0 heterocycles. The number of halogens is 4. The number of alkyl halides is 3. The quantitative estimate of drug-likeness (QED) is 0.811. The van der Waals surface area contributed by atoms with Gasteiger partial charge in [-0.25, -0.2) is 4.39 Å². The van der Waals surface area contributed by atoms with Crippen molar-refractivity contribution < 1.29 is 27.4 Å². The first-order valence-electron chi connectivity index (χ1n) is 4.69. The second kappa shape index (κ2) is 4.89. The highest BCUT2D eigenvalue weighted by Crippen LogP contribution is 2.27. The molecule has 1 aromatic rings. The van der Waals surface area contributed by atoms with Crippen LogP contribution >= 0.6 is 0 Å². The van der Waals surface area contributed by atoms with Crippen molar-refractivity contribution in [2.75, 3.05) is 0 Å². The Morgan fingerprint density at radius 2 is 1.94 bits per heavy atom. The van der Waals surface area contributed by atoms with Crippen LogP contribution in [0.25, 0.3) is 0 Å². The number of benzene rings is 1. The second-order valence-electron chi connectivity index (χ2n) is 3.50. The zero-order valence-corrected chi connectivity index (χ0v) is 8.83. The van der Waals surface area contributed by atoms with E-state index in [4.69, 9.17) is 10.8 Å². The third kappa shape index (κ3) is 3.86. The first-order chi connectivity index (χ1) is 7.70. The van der Waals surface area contributed by atoms with Gasteiger partial charge in [0, 0.05) is 0 Å². The summed E-state index contributed by atoms with van der Waals surface area (Å²) >= 11 is 0. The van der Waals surface area contributed by atoms with E-state index in [0.717, 1.165) is 12.1 Å². The Balaban J connectivity index is 2.94. The van der Waals surface area contributed by atoms with Crippen molar-refractivity contribution in [3.05, 3.63) is 29.6 Å². The van der Waals surface area contributed by atoms with Crippen molar-refractivity contribution in [1.29, 1.82) is 0 Å². The molecule has 0 aliphatic carbocycles. The maximum atomic E-state index is 13.2. The molecule has 3 N–H and O–H groups in total. The maximum absolute atomic E-state index is 13.2. The van der Waals surface area contributed by atoms with E-state index in [1.807, 2.05) is 0 Å². The van der Waals surface area contributed by atoms with E-state index in [9.17, 15) is 17.6 Å². The van der Waals surface area contributed by atoms with Crippen LogP contribution in [0.15, 0.2) is 18.2 Å². The van der Waals surface area contributed by atoms with Gasteiger partial charge in [0.15, 0.2) is 11.6 Å². The van der Waals surface area contributed by atoms with E-state index in [2.05, 4.69) is 4.74 Å². The fourth-order valence-electron chi connectivity index (χ4n) is 1.21. The highest BCUT2D eigenvalue weighted by atomic mass is 19.4. The van der Waals surface area contributed by atoms with Gasteiger partial charge in [0.05, 0.1) is 12.1 Å². The smallest absolute Gasteiger partial charge is 0.403 e. The minimum atomic E-state index is -4.95. The maximum Gasteiger partial charge on any atom is 0.573 e. The van der Waals surface area contributed by atoms with Crippen LogP contribution in [0.4, 0.5) is 17.6 Å². The van der Waals surface area contributed by atoms with E-state index in [0.29, 0.717) is 0 Å². The number of hydrogen-bond acceptors (Lipinski definition) is 3. The third-order valence-electron chi connectivity index (χ3n) is 2.09. The molecule has 0 aliphatic rings. The summed E-state index contributed by atoms with van der Waals surface area (Å²) in [6, 6.07) is 1.92. The van der Waals surface area contributed by atoms with E-state index < -0.39 is 30.1 Å². The Morgan fingerprint density at radius 3 is 2.35 bits per heavy atom. The van der Waals surface area contributed by atoms with Gasteiger partial charge in [-0.2, -0.15) is 0 Å². The zero-order valence-electron chi connectivity index (χ0n) is 8.83.